The number of fused-ring (bicyclic) bond motifs is 1. The molecule has 0 saturated heterocycles. The minimum atomic E-state index is -0.980. The molecular formula is C30H28Cl4N4O2. The standard InChI is InChI=1S/C15H12Cl2N2.C13H13ClN2.C2H3ClO2/c16-9-15-18-13-3-1-2-4-14(13)19(15)10-11-5-7-12(17)8-6-11;14-11-7-5-10(6-8-11)9-16-13-4-2-1-3-12(13)15;3-1-2(4)5/h1-8H,9-10H2;1-8,16H,9,15H2;1H2,(H,4,5). The topological polar surface area (TPSA) is 93.2 Å². The minimum Gasteiger partial charge on any atom is -0.480 e. The number of halogens is 4. The van der Waals surface area contributed by atoms with Gasteiger partial charge in [-0.25, -0.2) is 4.98 Å². The Hall–Kier alpha value is -3.42. The Morgan fingerprint density at radius 3 is 1.95 bits per heavy atom. The molecule has 0 unspecified atom stereocenters. The molecule has 10 heteroatoms. The number of alkyl halides is 2. The van der Waals surface area contributed by atoms with Gasteiger partial charge in [-0.05, 0) is 59.7 Å². The van der Waals surface area contributed by atoms with Crippen molar-refractivity contribution in [2.75, 3.05) is 16.9 Å². The van der Waals surface area contributed by atoms with E-state index in [1.54, 1.807) is 0 Å². The SMILES string of the molecule is ClCc1nc2ccccc2n1Cc1ccc(Cl)cc1.Nc1ccccc1NCc1ccc(Cl)cc1.O=C(O)CCl. The summed E-state index contributed by atoms with van der Waals surface area (Å²) in [6.07, 6.45) is 0. The van der Waals surface area contributed by atoms with Gasteiger partial charge in [0.1, 0.15) is 11.7 Å². The van der Waals surface area contributed by atoms with E-state index in [4.69, 9.17) is 57.2 Å². The van der Waals surface area contributed by atoms with Crippen LogP contribution in [0.25, 0.3) is 11.0 Å². The molecule has 0 radical (unpaired) electrons. The van der Waals surface area contributed by atoms with Gasteiger partial charge in [-0.2, -0.15) is 0 Å². The molecule has 5 aromatic rings. The Bertz CT molecular complexity index is 1510. The number of imidazole rings is 1. The quantitative estimate of drug-likeness (QED) is 0.126. The second kappa shape index (κ2) is 16.0. The van der Waals surface area contributed by atoms with Crippen LogP contribution in [0.5, 0.6) is 0 Å². The van der Waals surface area contributed by atoms with Gasteiger partial charge < -0.3 is 20.7 Å². The summed E-state index contributed by atoms with van der Waals surface area (Å²) in [5, 5.41) is 12.4. The second-order valence-corrected chi connectivity index (χ2v) is 9.87. The maximum absolute atomic E-state index is 9.24. The third-order valence-corrected chi connectivity index (χ3v) is 6.55. The second-order valence-electron chi connectivity index (χ2n) is 8.46. The lowest BCUT2D eigenvalue weighted by Crippen LogP contribution is -2.03. The number of rotatable bonds is 7. The summed E-state index contributed by atoms with van der Waals surface area (Å²) in [6.45, 7) is 1.49. The van der Waals surface area contributed by atoms with Gasteiger partial charge in [-0.3, -0.25) is 4.79 Å². The fourth-order valence-corrected chi connectivity index (χ4v) is 4.09. The lowest BCUT2D eigenvalue weighted by atomic mass is 10.2. The van der Waals surface area contributed by atoms with Gasteiger partial charge in [0.2, 0.25) is 0 Å². The number of hydrogen-bond acceptors (Lipinski definition) is 4. The number of benzene rings is 4. The summed E-state index contributed by atoms with van der Waals surface area (Å²) in [5.41, 5.74) is 12.0. The van der Waals surface area contributed by atoms with Crippen molar-refractivity contribution in [2.45, 2.75) is 19.0 Å². The Morgan fingerprint density at radius 2 is 1.38 bits per heavy atom. The zero-order valence-corrected chi connectivity index (χ0v) is 24.4. The van der Waals surface area contributed by atoms with E-state index in [1.165, 1.54) is 11.1 Å². The average molecular weight is 618 g/mol. The first-order valence-electron chi connectivity index (χ1n) is 12.2. The third-order valence-electron chi connectivity index (χ3n) is 5.58. The predicted octanol–water partition coefficient (Wildman–Crippen LogP) is 8.32. The van der Waals surface area contributed by atoms with Crippen LogP contribution in [0.2, 0.25) is 10.0 Å². The number of nitrogens with zero attached hydrogens (tertiary/aromatic N) is 2. The number of carboxylic acid groups (broad SMARTS) is 1. The molecule has 0 amide bonds. The van der Waals surface area contributed by atoms with Gasteiger partial charge in [-0.15, -0.1) is 23.2 Å². The number of nitrogen functional groups attached to an aromatic ring is 1. The van der Waals surface area contributed by atoms with Crippen molar-refractivity contribution < 1.29 is 9.90 Å². The normalized spacial score (nSPS) is 10.2. The highest BCUT2D eigenvalue weighted by Gasteiger charge is 2.09. The van der Waals surface area contributed by atoms with E-state index in [0.717, 1.165) is 51.4 Å². The van der Waals surface area contributed by atoms with Crippen LogP contribution < -0.4 is 11.1 Å². The van der Waals surface area contributed by atoms with E-state index in [0.29, 0.717) is 5.88 Å². The van der Waals surface area contributed by atoms with Gasteiger partial charge in [-0.1, -0.05) is 71.7 Å². The Labute approximate surface area is 253 Å². The monoisotopic (exact) mass is 616 g/mol. The molecule has 4 N–H and O–H groups in total. The van der Waals surface area contributed by atoms with E-state index < -0.39 is 5.97 Å². The number of carboxylic acids is 1. The molecule has 1 aromatic heterocycles. The summed E-state index contributed by atoms with van der Waals surface area (Å²) in [7, 11) is 0. The maximum Gasteiger partial charge on any atom is 0.318 e. The molecule has 1 heterocycles. The highest BCUT2D eigenvalue weighted by atomic mass is 35.5. The lowest BCUT2D eigenvalue weighted by molar-refractivity contribution is -0.134. The van der Waals surface area contributed by atoms with E-state index >= 15 is 0 Å². The molecule has 0 atom stereocenters. The Kier molecular flexibility index (Phi) is 12.4. The van der Waals surface area contributed by atoms with Gasteiger partial charge in [0, 0.05) is 23.1 Å². The number of nitrogens with one attached hydrogen (secondary N) is 1. The van der Waals surface area contributed by atoms with E-state index in [9.17, 15) is 4.79 Å². The Morgan fingerprint density at radius 1 is 0.825 bits per heavy atom. The number of carbonyl (C=O) groups is 1. The fourth-order valence-electron chi connectivity index (χ4n) is 3.63. The molecule has 0 bridgehead atoms. The minimum absolute atomic E-state index is 0.306. The number of aromatic nitrogens is 2. The van der Waals surface area contributed by atoms with E-state index in [2.05, 4.69) is 20.9 Å². The van der Waals surface area contributed by atoms with Gasteiger partial charge >= 0.3 is 5.97 Å². The smallest absolute Gasteiger partial charge is 0.318 e. The largest absolute Gasteiger partial charge is 0.480 e. The van der Waals surface area contributed by atoms with Gasteiger partial charge in [0.15, 0.2) is 0 Å². The molecule has 0 saturated carbocycles. The fraction of sp³-hybridized carbons (Fsp3) is 0.133. The lowest BCUT2D eigenvalue weighted by Gasteiger charge is -2.08. The summed E-state index contributed by atoms with van der Waals surface area (Å²) in [4.78, 5) is 13.8. The van der Waals surface area contributed by atoms with Crippen LogP contribution in [0, 0.1) is 0 Å². The van der Waals surface area contributed by atoms with Crippen molar-refractivity contribution in [1.29, 1.82) is 0 Å². The molecular weight excluding hydrogens is 590 g/mol. The first-order chi connectivity index (χ1) is 19.3. The zero-order chi connectivity index (χ0) is 28.9. The number of hydrogen-bond donors (Lipinski definition) is 3. The van der Waals surface area contributed by atoms with Crippen molar-refractivity contribution in [3.63, 3.8) is 0 Å². The van der Waals surface area contributed by atoms with Crippen LogP contribution in [-0.4, -0.2) is 26.5 Å². The van der Waals surface area contributed by atoms with Crippen LogP contribution >= 0.6 is 46.4 Å². The zero-order valence-electron chi connectivity index (χ0n) is 21.4. The molecule has 0 aliphatic heterocycles. The van der Waals surface area contributed by atoms with Crippen LogP contribution in [0.3, 0.4) is 0 Å². The molecule has 6 nitrogen and oxygen atoms in total. The van der Waals surface area contributed by atoms with Gasteiger partial charge in [0.25, 0.3) is 0 Å². The van der Waals surface area contributed by atoms with Crippen molar-refractivity contribution in [2.24, 2.45) is 0 Å². The average Bonchev–Trinajstić information content (AvgIpc) is 3.32. The summed E-state index contributed by atoms with van der Waals surface area (Å²) in [6, 6.07) is 31.4. The van der Waals surface area contributed by atoms with Crippen molar-refractivity contribution in [1.82, 2.24) is 9.55 Å². The van der Waals surface area contributed by atoms with Crippen LogP contribution in [0.1, 0.15) is 17.0 Å². The number of anilines is 2. The first kappa shape index (κ1) is 31.1. The summed E-state index contributed by atoms with van der Waals surface area (Å²) >= 11 is 22.4. The number of aliphatic carboxylic acids is 1. The van der Waals surface area contributed by atoms with Crippen LogP contribution in [0.15, 0.2) is 97.1 Å². The molecule has 5 rings (SSSR count). The van der Waals surface area contributed by atoms with Crippen molar-refractivity contribution in [3.05, 3.63) is 124 Å². The maximum atomic E-state index is 9.24. The van der Waals surface area contributed by atoms with Crippen LogP contribution in [0.4, 0.5) is 11.4 Å². The van der Waals surface area contributed by atoms with Crippen molar-refractivity contribution >= 4 is 74.8 Å². The first-order valence-corrected chi connectivity index (χ1v) is 14.0. The van der Waals surface area contributed by atoms with Crippen LogP contribution in [-0.2, 0) is 23.8 Å². The molecule has 40 heavy (non-hydrogen) atoms. The highest BCUT2D eigenvalue weighted by Crippen LogP contribution is 2.20. The van der Waals surface area contributed by atoms with Crippen molar-refractivity contribution in [3.8, 4) is 0 Å². The van der Waals surface area contributed by atoms with Gasteiger partial charge in [0.05, 0.1) is 28.3 Å². The molecule has 0 spiro atoms. The highest BCUT2D eigenvalue weighted by molar-refractivity contribution is 6.30. The molecule has 4 aromatic carbocycles. The number of nitrogens with two attached hydrogens (primary N) is 1. The van der Waals surface area contributed by atoms with E-state index in [-0.39, 0.29) is 5.88 Å². The summed E-state index contributed by atoms with van der Waals surface area (Å²) in [5.74, 6) is 0.00640. The molecule has 208 valence electrons. The third kappa shape index (κ3) is 9.65. The summed E-state index contributed by atoms with van der Waals surface area (Å²) < 4.78 is 2.14. The molecule has 0 aliphatic rings. The predicted molar refractivity (Wildman–Crippen MR) is 168 cm³/mol. The Balaban J connectivity index is 0.000000191. The number of para-hydroxylation sites is 4. The van der Waals surface area contributed by atoms with E-state index in [1.807, 2.05) is 91.0 Å². The molecule has 0 fully saturated rings. The molecule has 0 aliphatic carbocycles.